The molecule has 6 rings (SSSR count). The van der Waals surface area contributed by atoms with Gasteiger partial charge in [-0.25, -0.2) is 19.9 Å². The molecule has 4 N–H and O–H groups in total. The second-order valence-electron chi connectivity index (χ2n) is 7.50. The van der Waals surface area contributed by atoms with Crippen LogP contribution in [0.2, 0.25) is 0 Å². The zero-order valence-corrected chi connectivity index (χ0v) is 16.8. The van der Waals surface area contributed by atoms with Crippen LogP contribution in [0.5, 0.6) is 0 Å². The number of anilines is 2. The summed E-state index contributed by atoms with van der Waals surface area (Å²) in [6.45, 7) is 0. The summed E-state index contributed by atoms with van der Waals surface area (Å²) < 4.78 is 0. The Balaban J connectivity index is 1.62. The minimum absolute atomic E-state index is 0.0428. The average molecular weight is 454 g/mol. The molecule has 0 amide bonds. The standard InChI is InChI=1S/C20H10N10O4/c21-12-5-10-3-8-1-7-2-9-4-11-6-13(29(31)32)20(30(33)34)28-19(11)27-18(9)26-17(7)25-16(8)24-15(10)23-14(12)22/h1-6H,21H2,(H2,22,23,24,25,26,27,28). The van der Waals surface area contributed by atoms with Crippen molar-refractivity contribution >= 4 is 78.2 Å². The lowest BCUT2D eigenvalue weighted by molar-refractivity contribution is -0.425. The molecule has 0 saturated carbocycles. The molecule has 6 aromatic heterocycles. The Morgan fingerprint density at radius 2 is 0.971 bits per heavy atom. The van der Waals surface area contributed by atoms with Crippen molar-refractivity contribution in [2.45, 2.75) is 0 Å². The summed E-state index contributed by atoms with van der Waals surface area (Å²) in [6.07, 6.45) is 0. The van der Waals surface area contributed by atoms with Crippen molar-refractivity contribution in [3.63, 3.8) is 0 Å². The number of fused-ring (bicyclic) bond motifs is 5. The van der Waals surface area contributed by atoms with Crippen LogP contribution in [0.4, 0.5) is 23.0 Å². The van der Waals surface area contributed by atoms with E-state index in [4.69, 9.17) is 11.5 Å². The van der Waals surface area contributed by atoms with Crippen LogP contribution in [0.25, 0.3) is 55.2 Å². The molecule has 6 heterocycles. The highest BCUT2D eigenvalue weighted by atomic mass is 16.6. The van der Waals surface area contributed by atoms with E-state index in [0.717, 1.165) is 6.07 Å². The van der Waals surface area contributed by atoms with E-state index in [-0.39, 0.29) is 22.5 Å². The smallest absolute Gasteiger partial charge is 0.396 e. The highest BCUT2D eigenvalue weighted by Gasteiger charge is 2.28. The predicted molar refractivity (Wildman–Crippen MR) is 123 cm³/mol. The van der Waals surface area contributed by atoms with E-state index in [9.17, 15) is 20.2 Å². The molecule has 0 aromatic carbocycles. The van der Waals surface area contributed by atoms with Gasteiger partial charge in [0.1, 0.15) is 5.82 Å². The van der Waals surface area contributed by atoms with Crippen LogP contribution in [0.3, 0.4) is 0 Å². The lowest BCUT2D eigenvalue weighted by Crippen LogP contribution is -2.01. The Bertz CT molecular complexity index is 1770. The number of pyridine rings is 6. The first-order chi connectivity index (χ1) is 16.3. The Kier molecular flexibility index (Phi) is 3.72. The van der Waals surface area contributed by atoms with E-state index >= 15 is 0 Å². The van der Waals surface area contributed by atoms with Gasteiger partial charge in [0.15, 0.2) is 22.6 Å². The quantitative estimate of drug-likeness (QED) is 0.219. The van der Waals surface area contributed by atoms with Crippen molar-refractivity contribution in [2.24, 2.45) is 0 Å². The Labute approximate surface area is 186 Å². The van der Waals surface area contributed by atoms with Crippen molar-refractivity contribution in [1.82, 2.24) is 29.9 Å². The highest BCUT2D eigenvalue weighted by Crippen LogP contribution is 2.31. The SMILES string of the molecule is Nc1cc2cc3cc4cc5cc6cc([N+](=O)[O-])c([N+](=O)[O-])nc6nc5nc4nc3nc2nc1N. The minimum Gasteiger partial charge on any atom is -0.396 e. The van der Waals surface area contributed by atoms with Gasteiger partial charge in [-0.05, 0) is 40.2 Å². The summed E-state index contributed by atoms with van der Waals surface area (Å²) in [5, 5.41) is 25.4. The monoisotopic (exact) mass is 454 g/mol. The summed E-state index contributed by atoms with van der Waals surface area (Å²) in [5.41, 5.74) is 12.5. The van der Waals surface area contributed by atoms with Gasteiger partial charge in [0, 0.05) is 27.6 Å². The molecule has 164 valence electrons. The Morgan fingerprint density at radius 1 is 0.559 bits per heavy atom. The zero-order valence-electron chi connectivity index (χ0n) is 16.8. The van der Waals surface area contributed by atoms with Gasteiger partial charge < -0.3 is 21.6 Å². The van der Waals surface area contributed by atoms with Crippen LogP contribution in [-0.4, -0.2) is 39.8 Å². The van der Waals surface area contributed by atoms with Crippen LogP contribution < -0.4 is 11.5 Å². The first-order valence-corrected chi connectivity index (χ1v) is 9.65. The van der Waals surface area contributed by atoms with Gasteiger partial charge in [-0.1, -0.05) is 0 Å². The summed E-state index contributed by atoms with van der Waals surface area (Å²) in [5.74, 6) is -0.722. The van der Waals surface area contributed by atoms with Crippen molar-refractivity contribution in [3.05, 3.63) is 56.6 Å². The summed E-state index contributed by atoms with van der Waals surface area (Å²) in [6, 6.07) is 9.79. The number of nitrogen functional groups attached to an aromatic ring is 2. The lowest BCUT2D eigenvalue weighted by atomic mass is 10.1. The number of aromatic nitrogens is 6. The molecular weight excluding hydrogens is 444 g/mol. The number of rotatable bonds is 2. The molecule has 0 aliphatic heterocycles. The fourth-order valence-electron chi connectivity index (χ4n) is 3.75. The normalized spacial score (nSPS) is 11.6. The van der Waals surface area contributed by atoms with Crippen LogP contribution in [0.1, 0.15) is 0 Å². The number of hydrogen-bond acceptors (Lipinski definition) is 12. The maximum Gasteiger partial charge on any atom is 0.444 e. The lowest BCUT2D eigenvalue weighted by Gasteiger charge is -2.06. The molecule has 34 heavy (non-hydrogen) atoms. The first-order valence-electron chi connectivity index (χ1n) is 9.65. The largest absolute Gasteiger partial charge is 0.444 e. The molecule has 14 nitrogen and oxygen atoms in total. The third-order valence-corrected chi connectivity index (χ3v) is 5.32. The maximum absolute atomic E-state index is 11.3. The maximum atomic E-state index is 11.3. The topological polar surface area (TPSA) is 216 Å². The average Bonchev–Trinajstić information content (AvgIpc) is 2.79. The molecule has 14 heteroatoms. The van der Waals surface area contributed by atoms with Gasteiger partial charge in [0.25, 0.3) is 5.65 Å². The summed E-state index contributed by atoms with van der Waals surface area (Å²) >= 11 is 0. The Hall–Kier alpha value is -5.40. The van der Waals surface area contributed by atoms with Crippen molar-refractivity contribution < 1.29 is 9.85 Å². The van der Waals surface area contributed by atoms with E-state index in [2.05, 4.69) is 29.9 Å². The molecule has 0 fully saturated rings. The molecule has 0 aliphatic carbocycles. The van der Waals surface area contributed by atoms with Gasteiger partial charge in [-0.3, -0.25) is 10.1 Å². The fraction of sp³-hybridized carbons (Fsp3) is 0. The molecule has 0 radical (unpaired) electrons. The first kappa shape index (κ1) is 19.3. The van der Waals surface area contributed by atoms with Crippen molar-refractivity contribution in [3.8, 4) is 0 Å². The molecule has 0 bridgehead atoms. The zero-order chi connectivity index (χ0) is 23.7. The fourth-order valence-corrected chi connectivity index (χ4v) is 3.75. The number of hydrogen-bond donors (Lipinski definition) is 2. The van der Waals surface area contributed by atoms with Crippen molar-refractivity contribution in [2.75, 3.05) is 11.5 Å². The van der Waals surface area contributed by atoms with Crippen LogP contribution >= 0.6 is 0 Å². The van der Waals surface area contributed by atoms with Gasteiger partial charge in [-0.2, -0.15) is 4.98 Å². The molecular formula is C20H10N10O4. The minimum atomic E-state index is -0.921. The number of nitrogens with two attached hydrogens (primary N) is 2. The van der Waals surface area contributed by atoms with E-state index in [1.807, 2.05) is 12.1 Å². The van der Waals surface area contributed by atoms with E-state index < -0.39 is 21.4 Å². The molecule has 0 saturated heterocycles. The van der Waals surface area contributed by atoms with Crippen LogP contribution in [0, 0.1) is 20.2 Å². The third-order valence-electron chi connectivity index (χ3n) is 5.32. The molecule has 0 unspecified atom stereocenters. The van der Waals surface area contributed by atoms with Crippen molar-refractivity contribution in [1.29, 1.82) is 0 Å². The van der Waals surface area contributed by atoms with Gasteiger partial charge in [0.2, 0.25) is 0 Å². The van der Waals surface area contributed by atoms with Crippen LogP contribution in [0.15, 0.2) is 36.4 Å². The summed E-state index contributed by atoms with van der Waals surface area (Å²) in [7, 11) is 0. The number of nitrogens with zero attached hydrogens (tertiary/aromatic N) is 8. The van der Waals surface area contributed by atoms with Gasteiger partial charge >= 0.3 is 11.5 Å². The molecule has 0 atom stereocenters. The van der Waals surface area contributed by atoms with Gasteiger partial charge in [0.05, 0.1) is 16.0 Å². The second kappa shape index (κ2) is 6.55. The third kappa shape index (κ3) is 2.82. The molecule has 6 aromatic rings. The molecule has 0 aliphatic rings. The van der Waals surface area contributed by atoms with Crippen LogP contribution in [-0.2, 0) is 0 Å². The number of nitro groups is 2. The van der Waals surface area contributed by atoms with E-state index in [0.29, 0.717) is 44.2 Å². The Morgan fingerprint density at radius 3 is 1.44 bits per heavy atom. The molecule has 0 spiro atoms. The summed E-state index contributed by atoms with van der Waals surface area (Å²) in [4.78, 5) is 46.3. The second-order valence-corrected chi connectivity index (χ2v) is 7.50. The highest BCUT2D eigenvalue weighted by molar-refractivity contribution is 6.01. The van der Waals surface area contributed by atoms with E-state index in [1.165, 1.54) is 0 Å². The van der Waals surface area contributed by atoms with Gasteiger partial charge in [-0.15, -0.1) is 0 Å². The van der Waals surface area contributed by atoms with E-state index in [1.54, 1.807) is 18.2 Å². The predicted octanol–water partition coefficient (Wildman–Crippen LogP) is 2.80.